The van der Waals surface area contributed by atoms with Gasteiger partial charge in [0.2, 0.25) is 0 Å². The van der Waals surface area contributed by atoms with Crippen LogP contribution in [0.15, 0.2) is 18.2 Å². The van der Waals surface area contributed by atoms with E-state index in [-0.39, 0.29) is 11.5 Å². The van der Waals surface area contributed by atoms with Crippen LogP contribution < -0.4 is 0 Å². The summed E-state index contributed by atoms with van der Waals surface area (Å²) in [6.07, 6.45) is -3.59. The number of aryl methyl sites for hydroxylation is 1. The molecule has 0 saturated heterocycles. The highest BCUT2D eigenvalue weighted by Crippen LogP contribution is 2.30. The number of hydrogen-bond donors (Lipinski definition) is 1. The molecule has 0 bridgehead atoms. The normalized spacial score (nSPS) is 10.7. The molecular weight excluding hydrogens is 261 g/mol. The number of carbonyl (C=O) groups is 2. The Morgan fingerprint density at radius 1 is 1.32 bits per heavy atom. The number of alkyl halides is 3. The van der Waals surface area contributed by atoms with Gasteiger partial charge in [-0.3, -0.25) is 0 Å². The summed E-state index contributed by atoms with van der Waals surface area (Å²) < 4.78 is 36.5. The maximum absolute atomic E-state index is 12.2. The van der Waals surface area contributed by atoms with Crippen LogP contribution in [0.1, 0.15) is 35.3 Å². The fraction of sp³-hybridized carbons (Fsp3) is 0.385. The molecule has 0 aromatic heterocycles. The average Bonchev–Trinajstić information content (AvgIpc) is 2.28. The first-order chi connectivity index (χ1) is 8.59. The molecule has 0 aliphatic heterocycles. The average molecular weight is 276 g/mol. The molecule has 1 aromatic rings. The molecule has 1 N–H and O–H groups in total. The van der Waals surface area contributed by atoms with Gasteiger partial charge in [-0.1, -0.05) is 19.9 Å². The predicted molar refractivity (Wildman–Crippen MR) is 64.0 cm³/mol. The van der Waals surface area contributed by atoms with Crippen LogP contribution in [0, 0.1) is 12.8 Å². The van der Waals surface area contributed by atoms with Crippen LogP contribution in [-0.2, 0) is 11.0 Å². The zero-order valence-corrected chi connectivity index (χ0v) is 10.8. The molecule has 0 aliphatic rings. The van der Waals surface area contributed by atoms with E-state index in [1.807, 2.05) is 13.8 Å². The SMILES string of the molecule is CC(C)C=O.Cc1ccc(C(F)(F)F)cc1C(=O)O. The van der Waals surface area contributed by atoms with Crippen LogP contribution in [0.5, 0.6) is 0 Å². The summed E-state index contributed by atoms with van der Waals surface area (Å²) in [5.41, 5.74) is -0.953. The smallest absolute Gasteiger partial charge is 0.416 e. The van der Waals surface area contributed by atoms with E-state index in [0.717, 1.165) is 18.4 Å². The van der Waals surface area contributed by atoms with E-state index in [1.165, 1.54) is 6.92 Å². The number of hydrogen-bond acceptors (Lipinski definition) is 2. The van der Waals surface area contributed by atoms with Crippen molar-refractivity contribution in [2.75, 3.05) is 0 Å². The lowest BCUT2D eigenvalue weighted by atomic mass is 10.1. The summed E-state index contributed by atoms with van der Waals surface area (Å²) in [5.74, 6) is -1.15. The molecule has 1 rings (SSSR count). The van der Waals surface area contributed by atoms with Gasteiger partial charge < -0.3 is 9.90 Å². The van der Waals surface area contributed by atoms with Gasteiger partial charge in [-0.05, 0) is 24.6 Å². The third-order valence-electron chi connectivity index (χ3n) is 2.07. The number of carboxylic acid groups (broad SMARTS) is 1. The minimum absolute atomic E-state index is 0.204. The Hall–Kier alpha value is -1.85. The molecule has 0 heterocycles. The molecule has 1 aromatic carbocycles. The highest BCUT2D eigenvalue weighted by atomic mass is 19.4. The molecule has 3 nitrogen and oxygen atoms in total. The van der Waals surface area contributed by atoms with Crippen molar-refractivity contribution in [3.63, 3.8) is 0 Å². The highest BCUT2D eigenvalue weighted by molar-refractivity contribution is 5.89. The van der Waals surface area contributed by atoms with E-state index in [1.54, 1.807) is 0 Å². The third kappa shape index (κ3) is 6.03. The molecule has 19 heavy (non-hydrogen) atoms. The van der Waals surface area contributed by atoms with Gasteiger partial charge in [-0.25, -0.2) is 4.79 Å². The molecule has 0 aliphatic carbocycles. The number of carbonyl (C=O) groups excluding carboxylic acids is 1. The van der Waals surface area contributed by atoms with E-state index in [2.05, 4.69) is 0 Å². The third-order valence-corrected chi connectivity index (χ3v) is 2.07. The van der Waals surface area contributed by atoms with Crippen molar-refractivity contribution in [3.8, 4) is 0 Å². The lowest BCUT2D eigenvalue weighted by Crippen LogP contribution is -2.08. The van der Waals surface area contributed by atoms with E-state index in [0.29, 0.717) is 11.6 Å². The fourth-order valence-corrected chi connectivity index (χ4v) is 1.03. The van der Waals surface area contributed by atoms with Gasteiger partial charge in [0.05, 0.1) is 11.1 Å². The number of benzene rings is 1. The number of aromatic carboxylic acids is 1. The molecule has 0 unspecified atom stereocenters. The topological polar surface area (TPSA) is 54.4 Å². The second-order valence-electron chi connectivity index (χ2n) is 4.21. The van der Waals surface area contributed by atoms with Crippen LogP contribution in [-0.4, -0.2) is 17.4 Å². The highest BCUT2D eigenvalue weighted by Gasteiger charge is 2.31. The monoisotopic (exact) mass is 276 g/mol. The Morgan fingerprint density at radius 2 is 1.79 bits per heavy atom. The van der Waals surface area contributed by atoms with Gasteiger partial charge in [0.1, 0.15) is 6.29 Å². The van der Waals surface area contributed by atoms with Crippen LogP contribution in [0.25, 0.3) is 0 Å². The summed E-state index contributed by atoms with van der Waals surface area (Å²) in [4.78, 5) is 20.0. The van der Waals surface area contributed by atoms with Gasteiger partial charge in [-0.15, -0.1) is 0 Å². The molecule has 0 atom stereocenters. The van der Waals surface area contributed by atoms with Crippen molar-refractivity contribution in [1.82, 2.24) is 0 Å². The van der Waals surface area contributed by atoms with Gasteiger partial charge in [0, 0.05) is 5.92 Å². The first-order valence-electron chi connectivity index (χ1n) is 5.46. The molecule has 0 spiro atoms. The molecular formula is C13H15F3O3. The standard InChI is InChI=1S/C9H7F3O2.C4H8O/c1-5-2-3-6(9(10,11)12)4-7(5)8(13)14;1-4(2)3-5/h2-4H,1H3,(H,13,14);3-4H,1-2H3. The number of rotatable bonds is 2. The van der Waals surface area contributed by atoms with E-state index >= 15 is 0 Å². The summed E-state index contributed by atoms with van der Waals surface area (Å²) in [5, 5.41) is 8.59. The van der Waals surface area contributed by atoms with Crippen molar-refractivity contribution in [1.29, 1.82) is 0 Å². The summed E-state index contributed by atoms with van der Waals surface area (Å²) in [7, 11) is 0. The Bertz CT molecular complexity index is 451. The minimum atomic E-state index is -4.50. The predicted octanol–water partition coefficient (Wildman–Crippen LogP) is 3.55. The number of carboxylic acids is 1. The van der Waals surface area contributed by atoms with Crippen LogP contribution >= 0.6 is 0 Å². The summed E-state index contributed by atoms with van der Waals surface area (Å²) in [6, 6.07) is 2.64. The maximum Gasteiger partial charge on any atom is 0.416 e. The fourth-order valence-electron chi connectivity index (χ4n) is 1.03. The molecule has 0 fully saturated rings. The molecule has 106 valence electrons. The van der Waals surface area contributed by atoms with Crippen molar-refractivity contribution in [2.24, 2.45) is 5.92 Å². The Kier molecular flexibility index (Phi) is 6.24. The first kappa shape index (κ1) is 17.2. The molecule has 0 saturated carbocycles. The van der Waals surface area contributed by atoms with Crippen LogP contribution in [0.4, 0.5) is 13.2 Å². The van der Waals surface area contributed by atoms with Gasteiger partial charge in [0.15, 0.2) is 0 Å². The maximum atomic E-state index is 12.2. The van der Waals surface area contributed by atoms with E-state index < -0.39 is 17.7 Å². The Morgan fingerprint density at radius 3 is 2.11 bits per heavy atom. The quantitative estimate of drug-likeness (QED) is 0.840. The van der Waals surface area contributed by atoms with Crippen molar-refractivity contribution in [3.05, 3.63) is 34.9 Å². The minimum Gasteiger partial charge on any atom is -0.478 e. The van der Waals surface area contributed by atoms with Crippen molar-refractivity contribution in [2.45, 2.75) is 26.9 Å². The van der Waals surface area contributed by atoms with Crippen molar-refractivity contribution < 1.29 is 27.9 Å². The van der Waals surface area contributed by atoms with Crippen molar-refractivity contribution >= 4 is 12.3 Å². The number of aldehydes is 1. The molecule has 0 radical (unpaired) electrons. The summed E-state index contributed by atoms with van der Waals surface area (Å²) >= 11 is 0. The second-order valence-corrected chi connectivity index (χ2v) is 4.21. The molecule has 6 heteroatoms. The second kappa shape index (κ2) is 6.92. The lowest BCUT2D eigenvalue weighted by Gasteiger charge is -2.08. The van der Waals surface area contributed by atoms with E-state index in [4.69, 9.17) is 5.11 Å². The zero-order valence-electron chi connectivity index (χ0n) is 10.8. The Labute approximate surface area is 109 Å². The number of halogens is 3. The summed E-state index contributed by atoms with van der Waals surface area (Å²) in [6.45, 7) is 5.16. The van der Waals surface area contributed by atoms with Crippen LogP contribution in [0.2, 0.25) is 0 Å². The zero-order chi connectivity index (χ0) is 15.2. The van der Waals surface area contributed by atoms with Gasteiger partial charge >= 0.3 is 12.1 Å². The van der Waals surface area contributed by atoms with Gasteiger partial charge in [-0.2, -0.15) is 13.2 Å². The lowest BCUT2D eigenvalue weighted by molar-refractivity contribution is -0.137. The molecule has 0 amide bonds. The largest absolute Gasteiger partial charge is 0.478 e. The first-order valence-corrected chi connectivity index (χ1v) is 5.46. The van der Waals surface area contributed by atoms with E-state index in [9.17, 15) is 22.8 Å². The van der Waals surface area contributed by atoms with Gasteiger partial charge in [0.25, 0.3) is 0 Å². The Balaban J connectivity index is 0.000000555. The van der Waals surface area contributed by atoms with Crippen LogP contribution in [0.3, 0.4) is 0 Å².